The number of piperidine rings is 1. The summed E-state index contributed by atoms with van der Waals surface area (Å²) in [5, 5.41) is 3.20. The van der Waals surface area contributed by atoms with E-state index in [0.29, 0.717) is 5.56 Å². The molecule has 7 heteroatoms. The lowest BCUT2D eigenvalue weighted by Crippen LogP contribution is -2.51. The maximum atomic E-state index is 13.2. The van der Waals surface area contributed by atoms with Crippen LogP contribution in [0.3, 0.4) is 0 Å². The van der Waals surface area contributed by atoms with E-state index < -0.39 is 0 Å². The van der Waals surface area contributed by atoms with E-state index in [4.69, 9.17) is 0 Å². The third kappa shape index (κ3) is 4.80. The molecule has 2 aromatic rings. The van der Waals surface area contributed by atoms with Gasteiger partial charge in [0.25, 0.3) is 5.91 Å². The Morgan fingerprint density at radius 2 is 1.83 bits per heavy atom. The minimum absolute atomic E-state index is 0.00539. The first-order chi connectivity index (χ1) is 14.5. The number of nitrogens with zero attached hydrogens (tertiary/aromatic N) is 2. The van der Waals surface area contributed by atoms with Crippen LogP contribution >= 0.6 is 0 Å². The first kappa shape index (κ1) is 20.8. The molecule has 0 bridgehead atoms. The van der Waals surface area contributed by atoms with E-state index in [2.05, 4.69) is 21.1 Å². The van der Waals surface area contributed by atoms with Crippen LogP contribution in [0.1, 0.15) is 41.2 Å². The highest BCUT2D eigenvalue weighted by Crippen LogP contribution is 2.26. The summed E-state index contributed by atoms with van der Waals surface area (Å²) in [6.07, 6.45) is 3.03. The van der Waals surface area contributed by atoms with Crippen LogP contribution in [0.15, 0.2) is 48.5 Å². The summed E-state index contributed by atoms with van der Waals surface area (Å²) in [6.45, 7) is 1.86. The van der Waals surface area contributed by atoms with Crippen molar-refractivity contribution in [3.63, 3.8) is 0 Å². The minimum atomic E-state index is -0.209. The molecule has 0 aliphatic carbocycles. The Balaban J connectivity index is 1.26. The fraction of sp³-hybridized carbons (Fsp3) is 0.435. The molecule has 30 heavy (non-hydrogen) atoms. The molecule has 4 rings (SSSR count). The summed E-state index contributed by atoms with van der Waals surface area (Å²) in [6, 6.07) is 14.8. The van der Waals surface area contributed by atoms with Crippen LogP contribution in [0.2, 0.25) is 0 Å². The van der Waals surface area contributed by atoms with Crippen LogP contribution in [0.4, 0.5) is 10.1 Å². The van der Waals surface area contributed by atoms with E-state index >= 15 is 0 Å². The quantitative estimate of drug-likeness (QED) is 0.706. The predicted molar refractivity (Wildman–Crippen MR) is 117 cm³/mol. The van der Waals surface area contributed by atoms with Gasteiger partial charge in [0, 0.05) is 50.5 Å². The van der Waals surface area contributed by atoms with E-state index in [0.717, 1.165) is 43.6 Å². The Morgan fingerprint density at radius 1 is 1.10 bits per heavy atom. The van der Waals surface area contributed by atoms with Crippen LogP contribution in [-0.4, -0.2) is 50.2 Å². The smallest absolute Gasteiger partial charge is 0.251 e. The molecule has 3 N–H and O–H groups in total. The van der Waals surface area contributed by atoms with Crippen molar-refractivity contribution in [2.24, 2.45) is 0 Å². The largest absolute Gasteiger partial charge is 0.378 e. The molecule has 1 amide bonds. The number of hydrogen-bond acceptors (Lipinski definition) is 5. The van der Waals surface area contributed by atoms with Crippen molar-refractivity contribution in [1.82, 2.24) is 21.1 Å². The van der Waals surface area contributed by atoms with Crippen molar-refractivity contribution in [2.75, 3.05) is 32.1 Å². The molecule has 2 aliphatic rings. The number of rotatable bonds is 5. The summed E-state index contributed by atoms with van der Waals surface area (Å²) >= 11 is 0. The average molecular weight is 412 g/mol. The topological polar surface area (TPSA) is 59.6 Å². The molecule has 0 saturated carbocycles. The number of hydrazine groups is 1. The van der Waals surface area contributed by atoms with Gasteiger partial charge in [-0.1, -0.05) is 18.2 Å². The van der Waals surface area contributed by atoms with Gasteiger partial charge in [0.2, 0.25) is 0 Å². The lowest BCUT2D eigenvalue weighted by molar-refractivity contribution is 0.0880. The number of halogens is 1. The predicted octanol–water partition coefficient (Wildman–Crippen LogP) is 2.65. The number of hydrogen-bond donors (Lipinski definition) is 3. The SMILES string of the molecule is CN(C)c1cccc(C(=O)NC2CCN(C3CC(c4ccc(F)cc4)NN3)CC2)c1. The molecular formula is C23H30FN5O. The maximum Gasteiger partial charge on any atom is 0.251 e. The van der Waals surface area contributed by atoms with Crippen molar-refractivity contribution < 1.29 is 9.18 Å². The number of carbonyl (C=O) groups excluding carboxylic acids is 1. The van der Waals surface area contributed by atoms with Gasteiger partial charge in [0.05, 0.1) is 6.17 Å². The monoisotopic (exact) mass is 411 g/mol. The average Bonchev–Trinajstić information content (AvgIpc) is 3.25. The summed E-state index contributed by atoms with van der Waals surface area (Å²) in [5.74, 6) is -0.215. The number of anilines is 1. The zero-order valence-corrected chi connectivity index (χ0v) is 17.6. The fourth-order valence-electron chi connectivity index (χ4n) is 4.24. The van der Waals surface area contributed by atoms with E-state index in [1.54, 1.807) is 0 Å². The number of benzene rings is 2. The Kier molecular flexibility index (Phi) is 6.32. The fourth-order valence-corrected chi connectivity index (χ4v) is 4.24. The summed E-state index contributed by atoms with van der Waals surface area (Å²) < 4.78 is 13.2. The van der Waals surface area contributed by atoms with Crippen LogP contribution in [0, 0.1) is 5.82 Å². The Bertz CT molecular complexity index is 864. The van der Waals surface area contributed by atoms with Gasteiger partial charge in [-0.2, -0.15) is 0 Å². The van der Waals surface area contributed by atoms with Crippen LogP contribution in [0.25, 0.3) is 0 Å². The number of carbonyl (C=O) groups is 1. The minimum Gasteiger partial charge on any atom is -0.378 e. The third-order valence-electron chi connectivity index (χ3n) is 6.09. The van der Waals surface area contributed by atoms with Crippen molar-refractivity contribution in [2.45, 2.75) is 37.5 Å². The highest BCUT2D eigenvalue weighted by Gasteiger charge is 2.32. The standard InChI is InChI=1S/C23H30FN5O/c1-28(2)20-5-3-4-17(14-20)23(30)25-19-10-12-29(13-11-19)22-15-21(26-27-22)16-6-8-18(24)9-7-16/h3-9,14,19,21-22,26-27H,10-13,15H2,1-2H3,(H,25,30). The van der Waals surface area contributed by atoms with Gasteiger partial charge in [-0.05, 0) is 55.2 Å². The number of amides is 1. The summed E-state index contributed by atoms with van der Waals surface area (Å²) in [4.78, 5) is 17.1. The third-order valence-corrected chi connectivity index (χ3v) is 6.09. The van der Waals surface area contributed by atoms with Gasteiger partial charge in [-0.25, -0.2) is 15.2 Å². The first-order valence-electron chi connectivity index (χ1n) is 10.6. The van der Waals surface area contributed by atoms with Crippen LogP contribution in [-0.2, 0) is 0 Å². The van der Waals surface area contributed by atoms with Crippen molar-refractivity contribution in [1.29, 1.82) is 0 Å². The zero-order chi connectivity index (χ0) is 21.1. The molecule has 0 radical (unpaired) electrons. The molecule has 0 spiro atoms. The number of nitrogens with one attached hydrogen (secondary N) is 3. The molecule has 2 atom stereocenters. The van der Waals surface area contributed by atoms with Gasteiger partial charge in [-0.3, -0.25) is 9.69 Å². The molecule has 0 aromatic heterocycles. The van der Waals surface area contributed by atoms with Gasteiger partial charge >= 0.3 is 0 Å². The second kappa shape index (κ2) is 9.12. The maximum absolute atomic E-state index is 13.2. The van der Waals surface area contributed by atoms with E-state index in [1.165, 1.54) is 12.1 Å². The molecule has 160 valence electrons. The molecule has 2 aliphatic heterocycles. The highest BCUT2D eigenvalue weighted by molar-refractivity contribution is 5.95. The molecule has 2 heterocycles. The molecule has 2 unspecified atom stereocenters. The Hall–Kier alpha value is -2.48. The number of likely N-dealkylation sites (tertiary alicyclic amines) is 1. The summed E-state index contributed by atoms with van der Waals surface area (Å²) in [5.41, 5.74) is 9.52. The highest BCUT2D eigenvalue weighted by atomic mass is 19.1. The van der Waals surface area contributed by atoms with E-state index in [-0.39, 0.29) is 30.0 Å². The van der Waals surface area contributed by atoms with Crippen molar-refractivity contribution in [3.05, 3.63) is 65.5 Å². The van der Waals surface area contributed by atoms with E-state index in [1.807, 2.05) is 55.4 Å². The van der Waals surface area contributed by atoms with Crippen LogP contribution < -0.4 is 21.1 Å². The van der Waals surface area contributed by atoms with Gasteiger partial charge in [0.15, 0.2) is 0 Å². The lowest BCUT2D eigenvalue weighted by Gasteiger charge is -2.35. The molecule has 2 aromatic carbocycles. The molecule has 6 nitrogen and oxygen atoms in total. The first-order valence-corrected chi connectivity index (χ1v) is 10.6. The van der Waals surface area contributed by atoms with Crippen molar-refractivity contribution >= 4 is 11.6 Å². The van der Waals surface area contributed by atoms with E-state index in [9.17, 15) is 9.18 Å². The normalized spacial score (nSPS) is 22.8. The Morgan fingerprint density at radius 3 is 2.53 bits per heavy atom. The second-order valence-electron chi connectivity index (χ2n) is 8.37. The molecule has 2 saturated heterocycles. The molecular weight excluding hydrogens is 381 g/mol. The lowest BCUT2D eigenvalue weighted by atomic mass is 10.0. The van der Waals surface area contributed by atoms with Gasteiger partial charge in [-0.15, -0.1) is 0 Å². The van der Waals surface area contributed by atoms with Gasteiger partial charge < -0.3 is 10.2 Å². The van der Waals surface area contributed by atoms with Crippen LogP contribution in [0.5, 0.6) is 0 Å². The van der Waals surface area contributed by atoms with Gasteiger partial charge in [0.1, 0.15) is 5.82 Å². The molecule has 2 fully saturated rings. The Labute approximate surface area is 177 Å². The zero-order valence-electron chi connectivity index (χ0n) is 17.6. The second-order valence-corrected chi connectivity index (χ2v) is 8.37. The summed E-state index contributed by atoms with van der Waals surface area (Å²) in [7, 11) is 3.94. The van der Waals surface area contributed by atoms with Crippen molar-refractivity contribution in [3.8, 4) is 0 Å².